The van der Waals surface area contributed by atoms with Crippen molar-refractivity contribution in [2.75, 3.05) is 6.54 Å². The van der Waals surface area contributed by atoms with Crippen molar-refractivity contribution in [3.8, 4) is 5.75 Å². The average molecular weight is 294 g/mol. The number of hydrogen-bond donors (Lipinski definition) is 2. The van der Waals surface area contributed by atoms with E-state index >= 15 is 0 Å². The molecule has 0 radical (unpaired) electrons. The van der Waals surface area contributed by atoms with Crippen LogP contribution in [0.4, 0.5) is 0 Å². The predicted octanol–water partition coefficient (Wildman–Crippen LogP) is 3.27. The molecule has 0 bridgehead atoms. The van der Waals surface area contributed by atoms with E-state index in [0.717, 1.165) is 5.76 Å². The van der Waals surface area contributed by atoms with Crippen LogP contribution in [-0.2, 0) is 5.60 Å². The molecular formula is C15H16ClNO3. The van der Waals surface area contributed by atoms with Gasteiger partial charge >= 0.3 is 0 Å². The Morgan fingerprint density at radius 1 is 1.35 bits per heavy atom. The number of halogens is 1. The van der Waals surface area contributed by atoms with E-state index in [-0.39, 0.29) is 12.3 Å². The molecule has 0 amide bonds. The number of benzene rings is 1. The lowest BCUT2D eigenvalue weighted by Gasteiger charge is -2.17. The lowest BCUT2D eigenvalue weighted by Crippen LogP contribution is -2.24. The summed E-state index contributed by atoms with van der Waals surface area (Å²) < 4.78 is 5.40. The molecule has 2 rings (SSSR count). The van der Waals surface area contributed by atoms with Gasteiger partial charge in [-0.3, -0.25) is 4.99 Å². The summed E-state index contributed by atoms with van der Waals surface area (Å²) in [5, 5.41) is 20.5. The van der Waals surface area contributed by atoms with Crippen molar-refractivity contribution in [2.45, 2.75) is 19.4 Å². The zero-order valence-electron chi connectivity index (χ0n) is 11.3. The number of furan rings is 1. The highest BCUT2D eigenvalue weighted by Crippen LogP contribution is 2.24. The number of aliphatic hydroxyl groups is 1. The topological polar surface area (TPSA) is 66.0 Å². The summed E-state index contributed by atoms with van der Waals surface area (Å²) in [6.45, 7) is 3.55. The maximum atomic E-state index is 10.3. The van der Waals surface area contributed by atoms with Crippen molar-refractivity contribution in [2.24, 2.45) is 4.99 Å². The van der Waals surface area contributed by atoms with Crippen molar-refractivity contribution >= 4 is 17.8 Å². The Labute approximate surface area is 122 Å². The second-order valence-corrected chi connectivity index (χ2v) is 5.29. The molecule has 1 aromatic heterocycles. The highest BCUT2D eigenvalue weighted by Gasteiger charge is 2.26. The molecule has 0 saturated heterocycles. The van der Waals surface area contributed by atoms with Crippen molar-refractivity contribution in [3.63, 3.8) is 0 Å². The monoisotopic (exact) mass is 293 g/mol. The normalized spacial score (nSPS) is 14.6. The summed E-state index contributed by atoms with van der Waals surface area (Å²) in [6.07, 6.45) is 1.48. The molecule has 1 unspecified atom stereocenters. The van der Waals surface area contributed by atoms with Gasteiger partial charge < -0.3 is 14.6 Å². The van der Waals surface area contributed by atoms with Crippen molar-refractivity contribution in [1.29, 1.82) is 0 Å². The van der Waals surface area contributed by atoms with Crippen LogP contribution in [0.3, 0.4) is 0 Å². The third-order valence-electron chi connectivity index (χ3n) is 2.89. The fourth-order valence-corrected chi connectivity index (χ4v) is 1.93. The minimum absolute atomic E-state index is 0.0895. The number of rotatable bonds is 4. The fraction of sp³-hybridized carbons (Fsp3) is 0.267. The van der Waals surface area contributed by atoms with Crippen LogP contribution < -0.4 is 0 Å². The lowest BCUT2D eigenvalue weighted by molar-refractivity contribution is 0.0431. The maximum Gasteiger partial charge on any atom is 0.139 e. The predicted molar refractivity (Wildman–Crippen MR) is 78.6 cm³/mol. The van der Waals surface area contributed by atoms with Gasteiger partial charge in [-0.15, -0.1) is 0 Å². The van der Waals surface area contributed by atoms with Gasteiger partial charge in [0.15, 0.2) is 0 Å². The third kappa shape index (κ3) is 3.40. The first kappa shape index (κ1) is 14.6. The number of nitrogens with zero attached hydrogens (tertiary/aromatic N) is 1. The summed E-state index contributed by atoms with van der Waals surface area (Å²) >= 11 is 5.85. The second kappa shape index (κ2) is 5.69. The number of phenolic OH excluding ortho intramolecular Hbond substituents is 1. The van der Waals surface area contributed by atoms with Crippen molar-refractivity contribution in [3.05, 3.63) is 52.4 Å². The van der Waals surface area contributed by atoms with E-state index in [1.165, 1.54) is 12.3 Å². The molecule has 4 nitrogen and oxygen atoms in total. The highest BCUT2D eigenvalue weighted by molar-refractivity contribution is 6.30. The second-order valence-electron chi connectivity index (χ2n) is 4.86. The molecule has 1 heterocycles. The van der Waals surface area contributed by atoms with Gasteiger partial charge in [0.05, 0.1) is 6.54 Å². The van der Waals surface area contributed by atoms with E-state index in [4.69, 9.17) is 16.0 Å². The molecular weight excluding hydrogens is 278 g/mol. The smallest absolute Gasteiger partial charge is 0.139 e. The van der Waals surface area contributed by atoms with Crippen molar-refractivity contribution in [1.82, 2.24) is 0 Å². The van der Waals surface area contributed by atoms with E-state index < -0.39 is 5.60 Å². The molecule has 5 heteroatoms. The summed E-state index contributed by atoms with van der Waals surface area (Å²) in [4.78, 5) is 4.15. The standard InChI is InChI=1S/C15H16ClNO3/c1-10-3-6-14(20-10)15(2,19)9-17-8-11-7-12(16)4-5-13(11)18/h3-8,18-19H,9H2,1-2H3. The van der Waals surface area contributed by atoms with Crippen LogP contribution in [0.1, 0.15) is 24.0 Å². The molecule has 0 aliphatic carbocycles. The van der Waals surface area contributed by atoms with Gasteiger partial charge in [-0.25, -0.2) is 0 Å². The zero-order valence-corrected chi connectivity index (χ0v) is 12.1. The van der Waals surface area contributed by atoms with Crippen molar-refractivity contribution < 1.29 is 14.6 Å². The third-order valence-corrected chi connectivity index (χ3v) is 3.13. The van der Waals surface area contributed by atoms with E-state index in [9.17, 15) is 10.2 Å². The summed E-state index contributed by atoms with van der Waals surface area (Å²) in [7, 11) is 0. The highest BCUT2D eigenvalue weighted by atomic mass is 35.5. The Bertz CT molecular complexity index is 632. The van der Waals surface area contributed by atoms with Crippen LogP contribution in [0.15, 0.2) is 39.7 Å². The molecule has 0 spiro atoms. The number of phenols is 1. The molecule has 2 aromatic rings. The SMILES string of the molecule is Cc1ccc(C(C)(O)CN=Cc2cc(Cl)ccc2O)o1. The average Bonchev–Trinajstić information content (AvgIpc) is 2.81. The molecule has 0 aliphatic heterocycles. The molecule has 0 aliphatic rings. The molecule has 1 aromatic carbocycles. The Balaban J connectivity index is 2.11. The zero-order chi connectivity index (χ0) is 14.8. The van der Waals surface area contributed by atoms with Crippen LogP contribution in [-0.4, -0.2) is 23.0 Å². The van der Waals surface area contributed by atoms with Gasteiger partial charge in [0.25, 0.3) is 0 Å². The largest absolute Gasteiger partial charge is 0.507 e. The van der Waals surface area contributed by atoms with E-state index in [2.05, 4.69) is 4.99 Å². The molecule has 0 fully saturated rings. The molecule has 0 saturated carbocycles. The first-order valence-corrected chi connectivity index (χ1v) is 6.54. The van der Waals surface area contributed by atoms with E-state index in [1.54, 1.807) is 31.2 Å². The van der Waals surface area contributed by atoms with Crippen LogP contribution in [0, 0.1) is 6.92 Å². The van der Waals surface area contributed by atoms with Gasteiger partial charge in [0, 0.05) is 16.8 Å². The van der Waals surface area contributed by atoms with E-state index in [1.807, 2.05) is 6.92 Å². The molecule has 2 N–H and O–H groups in total. The summed E-state index contributed by atoms with van der Waals surface area (Å²) in [5.74, 6) is 1.28. The first-order valence-electron chi connectivity index (χ1n) is 6.16. The van der Waals surface area contributed by atoms with Gasteiger partial charge in [0.2, 0.25) is 0 Å². The van der Waals surface area contributed by atoms with Gasteiger partial charge in [-0.05, 0) is 44.2 Å². The molecule has 106 valence electrons. The summed E-state index contributed by atoms with van der Waals surface area (Å²) in [6, 6.07) is 8.21. The van der Waals surface area contributed by atoms with Crippen LogP contribution in [0.5, 0.6) is 5.75 Å². The minimum atomic E-state index is -1.20. The van der Waals surface area contributed by atoms with Crippen LogP contribution >= 0.6 is 11.6 Å². The lowest BCUT2D eigenvalue weighted by atomic mass is 10.0. The number of hydrogen-bond acceptors (Lipinski definition) is 4. The van der Waals surface area contributed by atoms with Gasteiger partial charge in [-0.2, -0.15) is 0 Å². The maximum absolute atomic E-state index is 10.3. The fourth-order valence-electron chi connectivity index (χ4n) is 1.75. The first-order chi connectivity index (χ1) is 9.38. The van der Waals surface area contributed by atoms with Crippen LogP contribution in [0.2, 0.25) is 5.02 Å². The Hall–Kier alpha value is -1.78. The van der Waals surface area contributed by atoms with Gasteiger partial charge in [-0.1, -0.05) is 11.6 Å². The summed E-state index contributed by atoms with van der Waals surface area (Å²) in [5.41, 5.74) is -0.692. The van der Waals surface area contributed by atoms with E-state index in [0.29, 0.717) is 16.3 Å². The number of aromatic hydroxyl groups is 1. The Kier molecular flexibility index (Phi) is 4.16. The van der Waals surface area contributed by atoms with Gasteiger partial charge in [0.1, 0.15) is 22.9 Å². The Morgan fingerprint density at radius 3 is 2.75 bits per heavy atom. The number of aryl methyl sites for hydroxylation is 1. The molecule has 20 heavy (non-hydrogen) atoms. The van der Waals surface area contributed by atoms with Crippen LogP contribution in [0.25, 0.3) is 0 Å². The minimum Gasteiger partial charge on any atom is -0.507 e. The Morgan fingerprint density at radius 2 is 2.10 bits per heavy atom. The quantitative estimate of drug-likeness (QED) is 0.850. The molecule has 1 atom stereocenters. The number of aliphatic imine (C=N–C) groups is 1.